The highest BCUT2D eigenvalue weighted by Gasteiger charge is 2.22. The summed E-state index contributed by atoms with van der Waals surface area (Å²) in [4.78, 5) is 27.0. The zero-order valence-electron chi connectivity index (χ0n) is 14.9. The van der Waals surface area contributed by atoms with Crippen LogP contribution in [0.2, 0.25) is 5.02 Å². The van der Waals surface area contributed by atoms with Crippen LogP contribution in [0.15, 0.2) is 48.5 Å². The molecule has 2 aromatic carbocycles. The molecule has 26 heavy (non-hydrogen) atoms. The summed E-state index contributed by atoms with van der Waals surface area (Å²) >= 11 is 5.87. The average molecular weight is 371 g/mol. The maximum Gasteiger partial charge on any atom is 0.253 e. The number of halogens is 1. The molecule has 2 amide bonds. The maximum atomic E-state index is 12.7. The number of hydrogen-bond acceptors (Lipinski definition) is 2. The molecule has 1 saturated heterocycles. The number of carbonyl (C=O) groups is 2. The molecule has 3 rings (SSSR count). The van der Waals surface area contributed by atoms with Crippen molar-refractivity contribution in [1.29, 1.82) is 0 Å². The number of nitrogens with zero attached hydrogens (tertiary/aromatic N) is 1. The second kappa shape index (κ2) is 8.37. The quantitative estimate of drug-likeness (QED) is 0.879. The van der Waals surface area contributed by atoms with Crippen LogP contribution in [0.5, 0.6) is 0 Å². The van der Waals surface area contributed by atoms with E-state index in [1.54, 1.807) is 36.4 Å². The molecule has 1 N–H and O–H groups in total. The molecule has 0 aromatic heterocycles. The largest absolute Gasteiger partial charge is 0.348 e. The van der Waals surface area contributed by atoms with Gasteiger partial charge in [-0.3, -0.25) is 9.59 Å². The summed E-state index contributed by atoms with van der Waals surface area (Å²) in [5, 5.41) is 3.55. The van der Waals surface area contributed by atoms with Gasteiger partial charge in [-0.2, -0.15) is 0 Å². The van der Waals surface area contributed by atoms with E-state index in [-0.39, 0.29) is 11.8 Å². The van der Waals surface area contributed by atoms with Gasteiger partial charge >= 0.3 is 0 Å². The molecule has 1 unspecified atom stereocenters. The monoisotopic (exact) mass is 370 g/mol. The Morgan fingerprint density at radius 2 is 1.88 bits per heavy atom. The van der Waals surface area contributed by atoms with Gasteiger partial charge in [-0.1, -0.05) is 36.7 Å². The van der Waals surface area contributed by atoms with Gasteiger partial charge in [0, 0.05) is 35.8 Å². The van der Waals surface area contributed by atoms with Crippen LogP contribution < -0.4 is 5.32 Å². The van der Waals surface area contributed by atoms with E-state index in [9.17, 15) is 9.59 Å². The first-order chi connectivity index (χ1) is 12.5. The second-order valence-corrected chi connectivity index (χ2v) is 7.32. The molecule has 1 aliphatic rings. The van der Waals surface area contributed by atoms with E-state index in [1.165, 1.54) is 0 Å². The van der Waals surface area contributed by atoms with Gasteiger partial charge in [-0.05, 0) is 54.7 Å². The van der Waals surface area contributed by atoms with Crippen molar-refractivity contribution in [3.8, 4) is 0 Å². The van der Waals surface area contributed by atoms with E-state index in [0.717, 1.165) is 31.5 Å². The van der Waals surface area contributed by atoms with Crippen molar-refractivity contribution in [2.24, 2.45) is 5.92 Å². The highest BCUT2D eigenvalue weighted by Crippen LogP contribution is 2.18. The van der Waals surface area contributed by atoms with Crippen LogP contribution in [0, 0.1) is 5.92 Å². The summed E-state index contributed by atoms with van der Waals surface area (Å²) in [6.45, 7) is 4.15. The van der Waals surface area contributed by atoms with E-state index in [2.05, 4.69) is 12.2 Å². The van der Waals surface area contributed by atoms with Crippen molar-refractivity contribution in [1.82, 2.24) is 10.2 Å². The summed E-state index contributed by atoms with van der Waals surface area (Å²) < 4.78 is 0. The number of piperidine rings is 1. The molecular formula is C21H23ClN2O2. The van der Waals surface area contributed by atoms with Gasteiger partial charge < -0.3 is 10.2 Å². The fourth-order valence-electron chi connectivity index (χ4n) is 3.24. The lowest BCUT2D eigenvalue weighted by Crippen LogP contribution is -2.39. The van der Waals surface area contributed by atoms with Crippen molar-refractivity contribution < 1.29 is 9.59 Å². The molecule has 4 nitrogen and oxygen atoms in total. The first-order valence-electron chi connectivity index (χ1n) is 8.95. The Morgan fingerprint density at radius 3 is 2.62 bits per heavy atom. The molecule has 5 heteroatoms. The van der Waals surface area contributed by atoms with Gasteiger partial charge in [-0.15, -0.1) is 0 Å². The molecule has 136 valence electrons. The van der Waals surface area contributed by atoms with Crippen molar-refractivity contribution in [2.75, 3.05) is 13.1 Å². The van der Waals surface area contributed by atoms with E-state index in [0.29, 0.717) is 28.6 Å². The third-order valence-electron chi connectivity index (χ3n) is 4.68. The van der Waals surface area contributed by atoms with Crippen LogP contribution in [0.25, 0.3) is 0 Å². The third kappa shape index (κ3) is 4.64. The molecule has 0 radical (unpaired) electrons. The Kier molecular flexibility index (Phi) is 5.94. The highest BCUT2D eigenvalue weighted by molar-refractivity contribution is 6.30. The molecule has 1 fully saturated rings. The zero-order valence-corrected chi connectivity index (χ0v) is 15.6. The first kappa shape index (κ1) is 18.5. The highest BCUT2D eigenvalue weighted by atomic mass is 35.5. The van der Waals surface area contributed by atoms with E-state index in [4.69, 9.17) is 11.6 Å². The lowest BCUT2D eigenvalue weighted by atomic mass is 9.99. The Morgan fingerprint density at radius 1 is 1.15 bits per heavy atom. The third-order valence-corrected chi connectivity index (χ3v) is 4.93. The molecule has 0 bridgehead atoms. The smallest absolute Gasteiger partial charge is 0.253 e. The van der Waals surface area contributed by atoms with Crippen LogP contribution >= 0.6 is 11.6 Å². The Balaban J connectivity index is 1.65. The Labute approximate surface area is 159 Å². The fourth-order valence-corrected chi connectivity index (χ4v) is 3.36. The minimum atomic E-state index is -0.193. The second-order valence-electron chi connectivity index (χ2n) is 6.89. The first-order valence-corrected chi connectivity index (χ1v) is 9.32. The zero-order chi connectivity index (χ0) is 18.5. The van der Waals surface area contributed by atoms with Crippen molar-refractivity contribution in [3.05, 3.63) is 70.2 Å². The molecule has 1 aliphatic heterocycles. The predicted octanol–water partition coefficient (Wildman–Crippen LogP) is 4.14. The van der Waals surface area contributed by atoms with Gasteiger partial charge in [0.15, 0.2) is 0 Å². The fraction of sp³-hybridized carbons (Fsp3) is 0.333. The van der Waals surface area contributed by atoms with Crippen LogP contribution in [0.3, 0.4) is 0 Å². The number of amides is 2. The molecule has 0 spiro atoms. The van der Waals surface area contributed by atoms with E-state index >= 15 is 0 Å². The Hall–Kier alpha value is -2.33. The number of rotatable bonds is 4. The topological polar surface area (TPSA) is 49.4 Å². The van der Waals surface area contributed by atoms with Crippen LogP contribution in [0.4, 0.5) is 0 Å². The molecule has 2 aromatic rings. The molecular weight excluding hydrogens is 348 g/mol. The number of carbonyl (C=O) groups excluding carboxylic acids is 2. The van der Waals surface area contributed by atoms with Crippen molar-refractivity contribution in [2.45, 2.75) is 26.3 Å². The van der Waals surface area contributed by atoms with Gasteiger partial charge in [0.25, 0.3) is 11.8 Å². The van der Waals surface area contributed by atoms with Crippen LogP contribution in [0.1, 0.15) is 46.0 Å². The molecule has 1 atom stereocenters. The summed E-state index contributed by atoms with van der Waals surface area (Å²) in [7, 11) is 0. The lowest BCUT2D eigenvalue weighted by molar-refractivity contribution is 0.0683. The lowest BCUT2D eigenvalue weighted by Gasteiger charge is -2.31. The maximum absolute atomic E-state index is 12.7. The molecule has 0 aliphatic carbocycles. The minimum absolute atomic E-state index is 0.00361. The summed E-state index contributed by atoms with van der Waals surface area (Å²) in [5.41, 5.74) is 2.03. The van der Waals surface area contributed by atoms with Gasteiger partial charge in [-0.25, -0.2) is 0 Å². The summed E-state index contributed by atoms with van der Waals surface area (Å²) in [6, 6.07) is 14.3. The van der Waals surface area contributed by atoms with Crippen molar-refractivity contribution in [3.63, 3.8) is 0 Å². The van der Waals surface area contributed by atoms with Crippen LogP contribution in [-0.4, -0.2) is 29.8 Å². The number of likely N-dealkylation sites (tertiary alicyclic amines) is 1. The van der Waals surface area contributed by atoms with Gasteiger partial charge in [0.1, 0.15) is 0 Å². The number of hydrogen-bond donors (Lipinski definition) is 1. The minimum Gasteiger partial charge on any atom is -0.348 e. The normalized spacial score (nSPS) is 17.0. The number of benzene rings is 2. The van der Waals surface area contributed by atoms with Crippen LogP contribution in [-0.2, 0) is 6.54 Å². The Bertz CT molecular complexity index is 789. The predicted molar refractivity (Wildman–Crippen MR) is 103 cm³/mol. The summed E-state index contributed by atoms with van der Waals surface area (Å²) in [6.07, 6.45) is 2.20. The van der Waals surface area contributed by atoms with E-state index < -0.39 is 0 Å². The van der Waals surface area contributed by atoms with Crippen molar-refractivity contribution >= 4 is 23.4 Å². The van der Waals surface area contributed by atoms with E-state index in [1.807, 2.05) is 17.0 Å². The molecule has 1 heterocycles. The summed E-state index contributed by atoms with van der Waals surface area (Å²) in [5.74, 6) is 0.337. The standard InChI is InChI=1S/C21H23ClN2O2/c1-15-4-3-11-24(14-15)21(26)18-6-2-5-17(12-18)20(25)23-13-16-7-9-19(22)10-8-16/h2,5-10,12,15H,3-4,11,13-14H2,1H3,(H,23,25). The molecule has 0 saturated carbocycles. The average Bonchev–Trinajstić information content (AvgIpc) is 2.67. The van der Waals surface area contributed by atoms with Gasteiger partial charge in [0.05, 0.1) is 0 Å². The SMILES string of the molecule is CC1CCCN(C(=O)c2cccc(C(=O)NCc3ccc(Cl)cc3)c2)C1. The van der Waals surface area contributed by atoms with Gasteiger partial charge in [0.2, 0.25) is 0 Å². The number of nitrogens with one attached hydrogen (secondary N) is 1.